The first-order valence-electron chi connectivity index (χ1n) is 8.94. The number of benzene rings is 2. The van der Waals surface area contributed by atoms with Crippen molar-refractivity contribution in [3.05, 3.63) is 53.6 Å². The van der Waals surface area contributed by atoms with E-state index in [1.165, 1.54) is 31.4 Å². The average molecular weight is 391 g/mol. The van der Waals surface area contributed by atoms with Crippen molar-refractivity contribution >= 4 is 10.0 Å². The number of hydrogen-bond acceptors (Lipinski definition) is 5. The molecule has 0 aromatic heterocycles. The summed E-state index contributed by atoms with van der Waals surface area (Å²) in [6.45, 7) is 5.29. The van der Waals surface area contributed by atoms with Gasteiger partial charge in [0.15, 0.2) is 11.5 Å². The van der Waals surface area contributed by atoms with Gasteiger partial charge in [0.2, 0.25) is 10.0 Å². The molecule has 1 aliphatic heterocycles. The van der Waals surface area contributed by atoms with E-state index in [9.17, 15) is 8.42 Å². The molecule has 146 valence electrons. The van der Waals surface area contributed by atoms with Crippen LogP contribution < -0.4 is 9.47 Å². The number of sulfonamides is 1. The molecule has 1 fully saturated rings. The summed E-state index contributed by atoms with van der Waals surface area (Å²) in [7, 11) is -0.526. The summed E-state index contributed by atoms with van der Waals surface area (Å²) >= 11 is 0. The van der Waals surface area contributed by atoms with Crippen molar-refractivity contribution < 1.29 is 17.9 Å². The standard InChI is InChI=1S/C20H26N2O4S/c1-16-5-4-6-17(13-16)15-21-9-11-22(12-10-21)27(23,24)18-7-8-19(25-2)20(14-18)26-3/h4-8,13-14H,9-12,15H2,1-3H3. The average Bonchev–Trinajstić information content (AvgIpc) is 2.68. The van der Waals surface area contributed by atoms with E-state index in [2.05, 4.69) is 36.1 Å². The van der Waals surface area contributed by atoms with Crippen molar-refractivity contribution in [2.75, 3.05) is 40.4 Å². The van der Waals surface area contributed by atoms with Gasteiger partial charge >= 0.3 is 0 Å². The Kier molecular flexibility index (Phi) is 6.04. The van der Waals surface area contributed by atoms with E-state index in [1.54, 1.807) is 16.4 Å². The third-order valence-electron chi connectivity index (χ3n) is 4.81. The predicted molar refractivity (Wildman–Crippen MR) is 105 cm³/mol. The van der Waals surface area contributed by atoms with Gasteiger partial charge in [-0.3, -0.25) is 4.90 Å². The fourth-order valence-corrected chi connectivity index (χ4v) is 4.76. The Morgan fingerprint density at radius 1 is 0.926 bits per heavy atom. The van der Waals surface area contributed by atoms with Crippen LogP contribution in [0.4, 0.5) is 0 Å². The van der Waals surface area contributed by atoms with Gasteiger partial charge in [0.05, 0.1) is 19.1 Å². The molecule has 1 heterocycles. The Bertz CT molecular complexity index is 891. The Morgan fingerprint density at radius 2 is 1.63 bits per heavy atom. The lowest BCUT2D eigenvalue weighted by Crippen LogP contribution is -2.48. The number of nitrogens with zero attached hydrogens (tertiary/aromatic N) is 2. The number of methoxy groups -OCH3 is 2. The van der Waals surface area contributed by atoms with E-state index >= 15 is 0 Å². The number of rotatable bonds is 6. The maximum Gasteiger partial charge on any atom is 0.243 e. The van der Waals surface area contributed by atoms with E-state index in [0.717, 1.165) is 6.54 Å². The zero-order valence-electron chi connectivity index (χ0n) is 16.0. The zero-order valence-corrected chi connectivity index (χ0v) is 16.8. The largest absolute Gasteiger partial charge is 0.493 e. The lowest BCUT2D eigenvalue weighted by atomic mass is 10.1. The van der Waals surface area contributed by atoms with Crippen LogP contribution in [0.2, 0.25) is 0 Å². The van der Waals surface area contributed by atoms with Gasteiger partial charge in [-0.1, -0.05) is 29.8 Å². The van der Waals surface area contributed by atoms with Crippen LogP contribution in [0.25, 0.3) is 0 Å². The maximum atomic E-state index is 13.0. The normalized spacial score (nSPS) is 16.3. The lowest BCUT2D eigenvalue weighted by molar-refractivity contribution is 0.181. The van der Waals surface area contributed by atoms with Crippen molar-refractivity contribution in [3.63, 3.8) is 0 Å². The minimum absolute atomic E-state index is 0.229. The van der Waals surface area contributed by atoms with Crippen molar-refractivity contribution in [1.82, 2.24) is 9.21 Å². The molecule has 1 aliphatic rings. The van der Waals surface area contributed by atoms with Gasteiger partial charge in [-0.25, -0.2) is 8.42 Å². The Hall–Kier alpha value is -2.09. The van der Waals surface area contributed by atoms with Crippen LogP contribution in [-0.4, -0.2) is 58.0 Å². The summed E-state index contributed by atoms with van der Waals surface area (Å²) in [6.07, 6.45) is 0. The number of hydrogen-bond donors (Lipinski definition) is 0. The summed E-state index contributed by atoms with van der Waals surface area (Å²) in [4.78, 5) is 2.52. The Balaban J connectivity index is 1.67. The zero-order chi connectivity index (χ0) is 19.4. The molecule has 7 heteroatoms. The second-order valence-electron chi connectivity index (χ2n) is 6.69. The molecule has 0 atom stereocenters. The van der Waals surface area contributed by atoms with Crippen LogP contribution in [-0.2, 0) is 16.6 Å². The molecule has 0 amide bonds. The molecule has 0 bridgehead atoms. The first kappa shape index (κ1) is 19.7. The highest BCUT2D eigenvalue weighted by molar-refractivity contribution is 7.89. The molecule has 2 aromatic carbocycles. The molecular formula is C20H26N2O4S. The highest BCUT2D eigenvalue weighted by Gasteiger charge is 2.29. The summed E-state index contributed by atoms with van der Waals surface area (Å²) in [6, 6.07) is 13.1. The molecular weight excluding hydrogens is 364 g/mol. The van der Waals surface area contributed by atoms with Crippen LogP contribution in [0.5, 0.6) is 11.5 Å². The van der Waals surface area contributed by atoms with Crippen molar-refractivity contribution in [1.29, 1.82) is 0 Å². The monoisotopic (exact) mass is 390 g/mol. The quantitative estimate of drug-likeness (QED) is 0.759. The van der Waals surface area contributed by atoms with Gasteiger partial charge in [0.1, 0.15) is 0 Å². The van der Waals surface area contributed by atoms with Gasteiger partial charge in [-0.05, 0) is 24.6 Å². The van der Waals surface area contributed by atoms with E-state index in [1.807, 2.05) is 0 Å². The van der Waals surface area contributed by atoms with Crippen LogP contribution in [0.1, 0.15) is 11.1 Å². The van der Waals surface area contributed by atoms with Gasteiger partial charge < -0.3 is 9.47 Å². The summed E-state index contributed by atoms with van der Waals surface area (Å²) in [5.41, 5.74) is 2.49. The SMILES string of the molecule is COc1ccc(S(=O)(=O)N2CCN(Cc3cccc(C)c3)CC2)cc1OC. The number of ether oxygens (including phenoxy) is 2. The molecule has 6 nitrogen and oxygen atoms in total. The van der Waals surface area contributed by atoms with Crippen LogP contribution >= 0.6 is 0 Å². The molecule has 1 saturated heterocycles. The smallest absolute Gasteiger partial charge is 0.243 e. The second-order valence-corrected chi connectivity index (χ2v) is 8.62. The maximum absolute atomic E-state index is 13.0. The summed E-state index contributed by atoms with van der Waals surface area (Å²) < 4.78 is 37.9. The molecule has 0 aliphatic carbocycles. The molecule has 0 unspecified atom stereocenters. The van der Waals surface area contributed by atoms with Gasteiger partial charge in [0.25, 0.3) is 0 Å². The van der Waals surface area contributed by atoms with Crippen LogP contribution in [0, 0.1) is 6.92 Å². The Labute approximate surface area is 161 Å². The first-order valence-corrected chi connectivity index (χ1v) is 10.4. The van der Waals surface area contributed by atoms with E-state index < -0.39 is 10.0 Å². The molecule has 0 N–H and O–H groups in total. The van der Waals surface area contributed by atoms with Crippen molar-refractivity contribution in [3.8, 4) is 11.5 Å². The van der Waals surface area contributed by atoms with Crippen LogP contribution in [0.3, 0.4) is 0 Å². The third-order valence-corrected chi connectivity index (χ3v) is 6.71. The minimum atomic E-state index is -3.55. The van der Waals surface area contributed by atoms with Gasteiger partial charge in [-0.2, -0.15) is 4.31 Å². The second kappa shape index (κ2) is 8.29. The fraction of sp³-hybridized carbons (Fsp3) is 0.400. The van der Waals surface area contributed by atoms with Gasteiger partial charge in [-0.15, -0.1) is 0 Å². The van der Waals surface area contributed by atoms with Crippen molar-refractivity contribution in [2.24, 2.45) is 0 Å². The summed E-state index contributed by atoms with van der Waals surface area (Å²) in [5.74, 6) is 0.927. The molecule has 2 aromatic rings. The van der Waals surface area contributed by atoms with E-state index in [4.69, 9.17) is 9.47 Å². The minimum Gasteiger partial charge on any atom is -0.493 e. The van der Waals surface area contributed by atoms with Gasteiger partial charge in [0, 0.05) is 38.8 Å². The Morgan fingerprint density at radius 3 is 2.26 bits per heavy atom. The number of piperazine rings is 1. The highest BCUT2D eigenvalue weighted by atomic mass is 32.2. The molecule has 0 radical (unpaired) electrons. The number of aryl methyl sites for hydroxylation is 1. The molecule has 0 saturated carbocycles. The lowest BCUT2D eigenvalue weighted by Gasteiger charge is -2.34. The topological polar surface area (TPSA) is 59.1 Å². The molecule has 3 rings (SSSR count). The van der Waals surface area contributed by atoms with Crippen LogP contribution in [0.15, 0.2) is 47.4 Å². The first-order chi connectivity index (χ1) is 12.9. The highest BCUT2D eigenvalue weighted by Crippen LogP contribution is 2.31. The third kappa shape index (κ3) is 4.43. The molecule has 0 spiro atoms. The van der Waals surface area contributed by atoms with E-state index in [-0.39, 0.29) is 4.90 Å². The van der Waals surface area contributed by atoms with Crippen molar-refractivity contribution in [2.45, 2.75) is 18.4 Å². The fourth-order valence-electron chi connectivity index (χ4n) is 3.32. The predicted octanol–water partition coefficient (Wildman–Crippen LogP) is 2.52. The summed E-state index contributed by atoms with van der Waals surface area (Å²) in [5, 5.41) is 0. The molecule has 27 heavy (non-hydrogen) atoms. The van der Waals surface area contributed by atoms with E-state index in [0.29, 0.717) is 37.7 Å².